The molecule has 43 heavy (non-hydrogen) atoms. The lowest BCUT2D eigenvalue weighted by Gasteiger charge is -2.32. The number of amides is 1. The average molecular weight is 591 g/mol. The van der Waals surface area contributed by atoms with Crippen LogP contribution in [0.1, 0.15) is 27.2 Å². The van der Waals surface area contributed by atoms with Crippen LogP contribution in [0.15, 0.2) is 79.3 Å². The van der Waals surface area contributed by atoms with Crippen molar-refractivity contribution >= 4 is 34.8 Å². The summed E-state index contributed by atoms with van der Waals surface area (Å²) in [6.07, 6.45) is 5.36. The van der Waals surface area contributed by atoms with Crippen molar-refractivity contribution in [3.63, 3.8) is 0 Å². The van der Waals surface area contributed by atoms with Crippen LogP contribution in [0.3, 0.4) is 0 Å². The summed E-state index contributed by atoms with van der Waals surface area (Å²) in [6, 6.07) is 19.6. The van der Waals surface area contributed by atoms with Crippen molar-refractivity contribution in [1.29, 1.82) is 0 Å². The third-order valence-corrected chi connectivity index (χ3v) is 8.49. The fourth-order valence-corrected chi connectivity index (χ4v) is 5.71. The van der Waals surface area contributed by atoms with Crippen molar-refractivity contribution < 1.29 is 4.79 Å². The summed E-state index contributed by atoms with van der Waals surface area (Å²) in [5.41, 5.74) is 7.97. The molecule has 1 aliphatic rings. The van der Waals surface area contributed by atoms with Crippen molar-refractivity contribution in [2.45, 2.75) is 20.4 Å². The van der Waals surface area contributed by atoms with Crippen LogP contribution in [0.4, 0.5) is 17.3 Å². The summed E-state index contributed by atoms with van der Waals surface area (Å²) in [4.78, 5) is 32.5. The predicted octanol–water partition coefficient (Wildman–Crippen LogP) is 6.02. The molecule has 1 amide bonds. The normalized spacial score (nSPS) is 14.0. The van der Waals surface area contributed by atoms with E-state index in [-0.39, 0.29) is 5.91 Å². The Kier molecular flexibility index (Phi) is 8.50. The first-order valence-electron chi connectivity index (χ1n) is 14.3. The molecule has 1 fully saturated rings. The van der Waals surface area contributed by atoms with Gasteiger partial charge in [0.05, 0.1) is 16.3 Å². The van der Waals surface area contributed by atoms with Crippen LogP contribution in [-0.2, 0) is 6.54 Å². The molecule has 0 aliphatic carbocycles. The van der Waals surface area contributed by atoms with Gasteiger partial charge in [0.1, 0.15) is 0 Å². The number of aryl methyl sites for hydroxylation is 2. The zero-order chi connectivity index (χ0) is 29.8. The number of carbonyl (C=O) groups is 1. The molecule has 0 saturated carbocycles. The lowest BCUT2D eigenvalue weighted by atomic mass is 10.1. The lowest BCUT2D eigenvalue weighted by Crippen LogP contribution is -2.43. The van der Waals surface area contributed by atoms with Gasteiger partial charge in [0.2, 0.25) is 5.95 Å². The number of nitrogens with one attached hydrogen (secondary N) is 2. The van der Waals surface area contributed by atoms with Gasteiger partial charge in [-0.05, 0) is 86.0 Å². The highest BCUT2D eigenvalue weighted by molar-refractivity contribution is 7.09. The van der Waals surface area contributed by atoms with Gasteiger partial charge in [-0.15, -0.1) is 0 Å². The molecular formula is C33H34N8OS. The van der Waals surface area contributed by atoms with Gasteiger partial charge in [-0.2, -0.15) is 4.37 Å². The summed E-state index contributed by atoms with van der Waals surface area (Å²) in [5, 5.41) is 6.35. The first kappa shape index (κ1) is 28.6. The van der Waals surface area contributed by atoms with Gasteiger partial charge in [-0.1, -0.05) is 18.2 Å². The molecule has 2 N–H and O–H groups in total. The number of likely N-dealkylation sites (N-methyl/N-ethyl adjacent to an activating group) is 1. The molecule has 10 heteroatoms. The molecule has 6 rings (SSSR count). The number of hydrogen-bond donors (Lipinski definition) is 2. The number of anilines is 3. The number of aromatic nitrogens is 4. The maximum absolute atomic E-state index is 13.1. The summed E-state index contributed by atoms with van der Waals surface area (Å²) in [6.45, 7) is 9.19. The molecule has 0 radical (unpaired) electrons. The summed E-state index contributed by atoms with van der Waals surface area (Å²) < 4.78 is 4.38. The van der Waals surface area contributed by atoms with E-state index in [0.29, 0.717) is 17.2 Å². The molecule has 9 nitrogen and oxygen atoms in total. The molecule has 0 bridgehead atoms. The van der Waals surface area contributed by atoms with Gasteiger partial charge in [0, 0.05) is 79.4 Å². The molecule has 2 aromatic carbocycles. The van der Waals surface area contributed by atoms with Crippen LogP contribution in [0.2, 0.25) is 0 Å². The van der Waals surface area contributed by atoms with Crippen LogP contribution < -0.4 is 10.6 Å². The van der Waals surface area contributed by atoms with E-state index < -0.39 is 0 Å². The number of pyridine rings is 1. The predicted molar refractivity (Wildman–Crippen MR) is 173 cm³/mol. The number of benzene rings is 2. The molecule has 1 aliphatic heterocycles. The Morgan fingerprint density at radius 2 is 1.72 bits per heavy atom. The van der Waals surface area contributed by atoms with Crippen molar-refractivity contribution in [3.05, 3.63) is 102 Å². The Labute approximate surface area is 255 Å². The highest BCUT2D eigenvalue weighted by Crippen LogP contribution is 2.29. The fraction of sp³-hybridized carbons (Fsp3) is 0.242. The van der Waals surface area contributed by atoms with E-state index in [4.69, 9.17) is 4.98 Å². The Morgan fingerprint density at radius 3 is 2.49 bits per heavy atom. The second-order valence-electron chi connectivity index (χ2n) is 10.9. The number of piperazine rings is 1. The Bertz CT molecular complexity index is 1730. The van der Waals surface area contributed by atoms with E-state index in [1.54, 1.807) is 12.4 Å². The summed E-state index contributed by atoms with van der Waals surface area (Å²) in [5.74, 6) is 0.307. The largest absolute Gasteiger partial charge is 0.324 e. The van der Waals surface area contributed by atoms with Gasteiger partial charge in [-0.25, -0.2) is 9.97 Å². The number of rotatable bonds is 8. The number of hydrogen-bond acceptors (Lipinski definition) is 9. The van der Waals surface area contributed by atoms with E-state index in [9.17, 15) is 4.79 Å². The third-order valence-electron chi connectivity index (χ3n) is 7.56. The van der Waals surface area contributed by atoms with Gasteiger partial charge in [-0.3, -0.25) is 14.7 Å². The molecule has 4 heterocycles. The second-order valence-corrected chi connectivity index (χ2v) is 11.8. The first-order valence-corrected chi connectivity index (χ1v) is 15.1. The molecule has 0 unspecified atom stereocenters. The minimum Gasteiger partial charge on any atom is -0.324 e. The molecule has 0 spiro atoms. The maximum Gasteiger partial charge on any atom is 0.255 e. The van der Waals surface area contributed by atoms with Crippen molar-refractivity contribution in [2.75, 3.05) is 43.9 Å². The van der Waals surface area contributed by atoms with Crippen LogP contribution in [0.5, 0.6) is 0 Å². The third kappa shape index (κ3) is 7.11. The minimum atomic E-state index is -0.150. The van der Waals surface area contributed by atoms with Gasteiger partial charge in [0.25, 0.3) is 5.91 Å². The Morgan fingerprint density at radius 1 is 0.930 bits per heavy atom. The van der Waals surface area contributed by atoms with E-state index in [1.807, 2.05) is 68.6 Å². The highest BCUT2D eigenvalue weighted by Gasteiger charge is 2.15. The first-order chi connectivity index (χ1) is 20.9. The lowest BCUT2D eigenvalue weighted by molar-refractivity contribution is 0.102. The summed E-state index contributed by atoms with van der Waals surface area (Å²) in [7, 11) is 2.16. The SMILES string of the molecule is Cc1cc(-c2cncc(-c3ccnc(Nc4cc(NC(=O)c5ccc(CN6CCN(C)CC6)cc5)ccc4C)n3)c2)sn1. The summed E-state index contributed by atoms with van der Waals surface area (Å²) >= 11 is 1.46. The smallest absolute Gasteiger partial charge is 0.255 e. The zero-order valence-corrected chi connectivity index (χ0v) is 25.4. The standard InChI is InChI=1S/C33H34N8OS/c1-22-4-9-28(36-32(42)25-7-5-24(6-8-25)21-41-14-12-40(3)13-15-41)18-30(22)38-33-35-11-10-29(37-33)26-17-27(20-34-19-26)31-16-23(2)39-43-31/h4-11,16-20H,12-15,21H2,1-3H3,(H,36,42)(H,35,37,38). The van der Waals surface area contributed by atoms with Crippen LogP contribution in [0, 0.1) is 13.8 Å². The zero-order valence-electron chi connectivity index (χ0n) is 24.5. The molecule has 3 aromatic heterocycles. The van der Waals surface area contributed by atoms with Gasteiger partial charge in [0.15, 0.2) is 0 Å². The number of carbonyl (C=O) groups excluding carboxylic acids is 1. The van der Waals surface area contributed by atoms with Crippen molar-refractivity contribution in [3.8, 4) is 21.7 Å². The quantitative estimate of drug-likeness (QED) is 0.226. The van der Waals surface area contributed by atoms with E-state index >= 15 is 0 Å². The van der Waals surface area contributed by atoms with Crippen LogP contribution in [-0.4, -0.2) is 68.3 Å². The van der Waals surface area contributed by atoms with Crippen LogP contribution in [0.25, 0.3) is 21.7 Å². The Balaban J connectivity index is 1.12. The topological polar surface area (TPSA) is 99.2 Å². The van der Waals surface area contributed by atoms with Gasteiger partial charge < -0.3 is 15.5 Å². The van der Waals surface area contributed by atoms with Crippen molar-refractivity contribution in [1.82, 2.24) is 29.1 Å². The monoisotopic (exact) mass is 590 g/mol. The molecule has 218 valence electrons. The average Bonchev–Trinajstić information content (AvgIpc) is 3.47. The number of nitrogens with zero attached hydrogens (tertiary/aromatic N) is 6. The second kappa shape index (κ2) is 12.8. The Hall–Kier alpha value is -4.51. The molecule has 5 aromatic rings. The van der Waals surface area contributed by atoms with Gasteiger partial charge >= 0.3 is 0 Å². The van der Waals surface area contributed by atoms with E-state index in [2.05, 4.69) is 54.0 Å². The van der Waals surface area contributed by atoms with E-state index in [0.717, 1.165) is 71.4 Å². The molecule has 1 saturated heterocycles. The molecule has 0 atom stereocenters. The van der Waals surface area contributed by atoms with E-state index in [1.165, 1.54) is 17.1 Å². The highest BCUT2D eigenvalue weighted by atomic mass is 32.1. The molecular weight excluding hydrogens is 556 g/mol. The minimum absolute atomic E-state index is 0.150. The fourth-order valence-electron chi connectivity index (χ4n) is 4.98. The maximum atomic E-state index is 13.1. The van der Waals surface area contributed by atoms with Crippen LogP contribution >= 0.6 is 11.5 Å². The van der Waals surface area contributed by atoms with Crippen molar-refractivity contribution in [2.24, 2.45) is 0 Å².